The molecule has 0 amide bonds. The molecule has 0 spiro atoms. The van der Waals surface area contributed by atoms with E-state index in [0.29, 0.717) is 0 Å². The van der Waals surface area contributed by atoms with Crippen LogP contribution >= 0.6 is 63.7 Å². The van der Waals surface area contributed by atoms with E-state index >= 15 is 0 Å². The van der Waals surface area contributed by atoms with Crippen LogP contribution in [0.3, 0.4) is 0 Å². The standard InChI is InChI=1S/C60H56Br4N4.Co/c1-57(2,3)35-27-33(28-36(31-35)58(4,5)6)51-43-19-23-47(65-43)55(53-39(61)15-13-16-40(53)62)49-25-21-45(67-49)52(34-29-37(59(7,8)9)32-38(30-34)60(10,11)12)46-22-26-50(68-46)56(48-24-20-44(51)66-48)54-41(63)17-14-18-42(54)64;/h13-32H,1-12H3;/q-2;+2. The molecule has 0 N–H and O–H groups in total. The molecule has 9 heteroatoms. The van der Waals surface area contributed by atoms with Gasteiger partial charge < -0.3 is 9.97 Å². The average Bonchev–Trinajstić information content (AvgIpc) is 4.09. The van der Waals surface area contributed by atoms with Crippen LogP contribution < -0.4 is 9.97 Å². The molecule has 7 aromatic rings. The topological polar surface area (TPSA) is 54.0 Å². The minimum absolute atomic E-state index is 0. The summed E-state index contributed by atoms with van der Waals surface area (Å²) < 4.78 is 3.74. The third-order valence-electron chi connectivity index (χ3n) is 12.9. The normalized spacial score (nSPS) is 13.0. The van der Waals surface area contributed by atoms with E-state index in [-0.39, 0.29) is 38.4 Å². The molecule has 4 nitrogen and oxygen atoms in total. The van der Waals surface area contributed by atoms with E-state index < -0.39 is 0 Å². The molecule has 0 aliphatic carbocycles. The number of fused-ring (bicyclic) bond motifs is 8. The third-order valence-corrected chi connectivity index (χ3v) is 15.6. The summed E-state index contributed by atoms with van der Waals surface area (Å²) >= 11 is 15.8. The number of nitrogens with zero attached hydrogens (tertiary/aromatic N) is 4. The molecule has 1 radical (unpaired) electrons. The summed E-state index contributed by atoms with van der Waals surface area (Å²) in [4.78, 5) is 22.5. The van der Waals surface area contributed by atoms with Crippen molar-refractivity contribution in [3.05, 3.63) is 160 Å². The summed E-state index contributed by atoms with van der Waals surface area (Å²) in [6.07, 6.45) is 8.57. The van der Waals surface area contributed by atoms with Gasteiger partial charge in [-0.1, -0.05) is 220 Å². The van der Waals surface area contributed by atoms with Gasteiger partial charge in [-0.2, -0.15) is 0 Å². The Bertz CT molecular complexity index is 3100. The fourth-order valence-corrected chi connectivity index (χ4v) is 11.7. The van der Waals surface area contributed by atoms with Gasteiger partial charge >= 0.3 is 16.8 Å². The summed E-state index contributed by atoms with van der Waals surface area (Å²) in [5.74, 6) is 0. The quantitative estimate of drug-likeness (QED) is 0.176. The first-order chi connectivity index (χ1) is 31.9. The Morgan fingerprint density at radius 1 is 0.333 bits per heavy atom. The van der Waals surface area contributed by atoms with E-state index in [1.54, 1.807) is 0 Å². The second kappa shape index (κ2) is 18.8. The Kier molecular flexibility index (Phi) is 14.0. The number of aromatic nitrogens is 4. The van der Waals surface area contributed by atoms with Gasteiger partial charge in [0, 0.05) is 29.0 Å². The number of benzene rings is 4. The van der Waals surface area contributed by atoms with E-state index in [1.807, 2.05) is 12.1 Å². The number of rotatable bonds is 4. The Hall–Kier alpha value is -4.09. The molecular weight excluding hydrogens is 1160 g/mol. The maximum atomic E-state index is 5.62. The zero-order valence-electron chi connectivity index (χ0n) is 41.2. The Morgan fingerprint density at radius 3 is 0.841 bits per heavy atom. The van der Waals surface area contributed by atoms with Crippen LogP contribution in [0.15, 0.2) is 115 Å². The van der Waals surface area contributed by atoms with Crippen molar-refractivity contribution < 1.29 is 16.8 Å². The van der Waals surface area contributed by atoms with Crippen molar-refractivity contribution in [1.29, 1.82) is 0 Å². The second-order valence-corrected chi connectivity index (χ2v) is 25.6. The molecule has 69 heavy (non-hydrogen) atoms. The monoisotopic (exact) mass is 1210 g/mol. The predicted octanol–water partition coefficient (Wildman–Crippen LogP) is 18.8. The minimum atomic E-state index is -0.107. The van der Waals surface area contributed by atoms with E-state index in [0.717, 1.165) is 107 Å². The summed E-state index contributed by atoms with van der Waals surface area (Å²) in [5, 5.41) is 0. The predicted molar refractivity (Wildman–Crippen MR) is 304 cm³/mol. The molecule has 0 atom stereocenters. The molecule has 0 saturated carbocycles. The van der Waals surface area contributed by atoms with Crippen LogP contribution in [0.1, 0.15) is 128 Å². The van der Waals surface area contributed by atoms with E-state index in [1.165, 1.54) is 22.3 Å². The van der Waals surface area contributed by atoms with E-state index in [2.05, 4.69) is 256 Å². The van der Waals surface area contributed by atoms with Gasteiger partial charge in [0.15, 0.2) is 0 Å². The van der Waals surface area contributed by atoms with Crippen molar-refractivity contribution >= 4 is 110 Å². The molecule has 0 unspecified atom stereocenters. The summed E-state index contributed by atoms with van der Waals surface area (Å²) in [6, 6.07) is 35.0. The summed E-state index contributed by atoms with van der Waals surface area (Å²) in [6.45, 7) is 27.4. The van der Waals surface area contributed by atoms with Crippen molar-refractivity contribution in [2.45, 2.75) is 105 Å². The zero-order chi connectivity index (χ0) is 48.8. The minimum Gasteiger partial charge on any atom is -0.657 e. The van der Waals surface area contributed by atoms with Gasteiger partial charge in [-0.05, 0) is 126 Å². The molecule has 0 saturated heterocycles. The number of hydrogen-bond acceptors (Lipinski definition) is 2. The maximum Gasteiger partial charge on any atom is 2.00 e. The zero-order valence-corrected chi connectivity index (χ0v) is 48.6. The van der Waals surface area contributed by atoms with Crippen LogP contribution in [-0.4, -0.2) is 9.97 Å². The number of halogens is 4. The van der Waals surface area contributed by atoms with E-state index in [4.69, 9.17) is 19.9 Å². The van der Waals surface area contributed by atoms with E-state index in [9.17, 15) is 0 Å². The molecule has 9 rings (SSSR count). The van der Waals surface area contributed by atoms with Crippen LogP contribution in [0.5, 0.6) is 0 Å². The maximum absolute atomic E-state index is 5.62. The van der Waals surface area contributed by atoms with Gasteiger partial charge in [0.2, 0.25) is 0 Å². The fourth-order valence-electron chi connectivity index (χ4n) is 8.94. The molecule has 353 valence electrons. The molecule has 5 heterocycles. The van der Waals surface area contributed by atoms with Gasteiger partial charge in [-0.3, -0.25) is 0 Å². The smallest absolute Gasteiger partial charge is 0.657 e. The van der Waals surface area contributed by atoms with Crippen molar-refractivity contribution in [2.75, 3.05) is 0 Å². The molecule has 8 bridgehead atoms. The molecule has 0 fully saturated rings. The van der Waals surface area contributed by atoms with Crippen LogP contribution in [0.2, 0.25) is 0 Å². The van der Waals surface area contributed by atoms with Crippen LogP contribution in [-0.2, 0) is 38.4 Å². The van der Waals surface area contributed by atoms with Gasteiger partial charge in [-0.25, -0.2) is 9.97 Å². The molecule has 2 aliphatic heterocycles. The van der Waals surface area contributed by atoms with Gasteiger partial charge in [0.05, 0.1) is 22.8 Å². The SMILES string of the molecule is CC(C)(C)c1cc(-c2c3nc(c(-c4c(Br)cccc4Br)c4ccc([n-]4)c(-c4cc(C(C)(C)C)cc(C(C)(C)C)c4)c4nc(c(-c5c(Br)cccc5Br)c5ccc2[n-]5)C=C4)C=C3)cc(C(C)(C)C)c1.[Co+2]. The van der Waals surface area contributed by atoms with Gasteiger partial charge in [0.1, 0.15) is 0 Å². The number of hydrogen-bond donors (Lipinski definition) is 0. The molecule has 3 aromatic heterocycles. The first-order valence-corrected chi connectivity index (χ1v) is 26.3. The average molecular weight is 1210 g/mol. The van der Waals surface area contributed by atoms with Crippen molar-refractivity contribution in [3.8, 4) is 44.5 Å². The summed E-state index contributed by atoms with van der Waals surface area (Å²) in [5.41, 5.74) is 18.9. The van der Waals surface area contributed by atoms with Crippen molar-refractivity contribution in [1.82, 2.24) is 19.9 Å². The van der Waals surface area contributed by atoms with Crippen LogP contribution in [0.25, 0.3) is 90.9 Å². The molecule has 2 aliphatic rings. The summed E-state index contributed by atoms with van der Waals surface area (Å²) in [7, 11) is 0. The second-order valence-electron chi connectivity index (χ2n) is 22.2. The molecule has 4 aromatic carbocycles. The third kappa shape index (κ3) is 10.1. The van der Waals surface area contributed by atoms with Gasteiger partial charge in [-0.15, -0.1) is 22.1 Å². The Labute approximate surface area is 452 Å². The molecular formula is C60H56Br4CoN4. The Balaban J connectivity index is 0.00000642. The Morgan fingerprint density at radius 2 is 0.580 bits per heavy atom. The van der Waals surface area contributed by atoms with Crippen molar-refractivity contribution in [2.24, 2.45) is 0 Å². The first-order valence-electron chi connectivity index (χ1n) is 23.1. The fraction of sp³-hybridized carbons (Fsp3) is 0.267. The first kappa shape index (κ1) is 51.3. The van der Waals surface area contributed by atoms with Crippen LogP contribution in [0, 0.1) is 0 Å². The van der Waals surface area contributed by atoms with Crippen LogP contribution in [0.4, 0.5) is 0 Å². The van der Waals surface area contributed by atoms with Gasteiger partial charge in [0.25, 0.3) is 0 Å². The largest absolute Gasteiger partial charge is 2.00 e. The van der Waals surface area contributed by atoms with Crippen molar-refractivity contribution in [3.63, 3.8) is 0 Å².